The van der Waals surface area contributed by atoms with Crippen LogP contribution in [0.25, 0.3) is 10.9 Å². The molecule has 20 heavy (non-hydrogen) atoms. The average Bonchev–Trinajstić information content (AvgIpc) is 2.85. The molecule has 5 heteroatoms. The number of nitrogens with zero attached hydrogens (tertiary/aromatic N) is 1. The summed E-state index contributed by atoms with van der Waals surface area (Å²) in [6.45, 7) is 0. The van der Waals surface area contributed by atoms with E-state index in [9.17, 15) is 9.90 Å². The topological polar surface area (TPSA) is 78.0 Å². The molecule has 3 aromatic rings. The Morgan fingerprint density at radius 1 is 1.25 bits per heavy atom. The van der Waals surface area contributed by atoms with Gasteiger partial charge in [0.05, 0.1) is 6.42 Å². The zero-order valence-corrected chi connectivity index (χ0v) is 10.6. The van der Waals surface area contributed by atoms with Gasteiger partial charge in [-0.3, -0.25) is 4.79 Å². The molecule has 0 unspecified atom stereocenters. The molecule has 0 aliphatic heterocycles. The number of amides is 1. The average molecular weight is 267 g/mol. The van der Waals surface area contributed by atoms with Gasteiger partial charge in [0.1, 0.15) is 0 Å². The maximum atomic E-state index is 12.0. The zero-order chi connectivity index (χ0) is 13.9. The molecule has 0 spiro atoms. The van der Waals surface area contributed by atoms with Gasteiger partial charge >= 0.3 is 0 Å². The van der Waals surface area contributed by atoms with Crippen LogP contribution in [0.1, 0.15) is 5.56 Å². The number of fused-ring (bicyclic) bond motifs is 1. The third kappa shape index (κ3) is 2.33. The van der Waals surface area contributed by atoms with Crippen molar-refractivity contribution >= 4 is 22.6 Å². The van der Waals surface area contributed by atoms with E-state index in [4.69, 9.17) is 0 Å². The second-order valence-electron chi connectivity index (χ2n) is 4.46. The van der Waals surface area contributed by atoms with Crippen molar-refractivity contribution in [3.05, 3.63) is 54.4 Å². The fourth-order valence-electron chi connectivity index (χ4n) is 2.12. The highest BCUT2D eigenvalue weighted by molar-refractivity contribution is 5.95. The molecule has 0 aliphatic carbocycles. The minimum atomic E-state index is -0.219. The molecule has 1 aromatic carbocycles. The number of hydrogen-bond donors (Lipinski definition) is 3. The maximum absolute atomic E-state index is 12.0. The summed E-state index contributed by atoms with van der Waals surface area (Å²) < 4.78 is 0. The summed E-state index contributed by atoms with van der Waals surface area (Å²) in [6, 6.07) is 10.9. The largest absolute Gasteiger partial charge is 0.504 e. The Morgan fingerprint density at radius 3 is 2.95 bits per heavy atom. The Hall–Kier alpha value is -2.82. The molecule has 3 rings (SSSR count). The van der Waals surface area contributed by atoms with Crippen LogP contribution < -0.4 is 5.32 Å². The van der Waals surface area contributed by atoms with E-state index in [0.29, 0.717) is 0 Å². The SMILES string of the molecule is O=C(Cc1c[nH]c2ccccc12)Nc1ncccc1O. The highest BCUT2D eigenvalue weighted by Crippen LogP contribution is 2.21. The van der Waals surface area contributed by atoms with E-state index < -0.39 is 0 Å². The van der Waals surface area contributed by atoms with Crippen LogP contribution in [0, 0.1) is 0 Å². The monoisotopic (exact) mass is 267 g/mol. The van der Waals surface area contributed by atoms with E-state index in [1.54, 1.807) is 6.07 Å². The quantitative estimate of drug-likeness (QED) is 0.682. The lowest BCUT2D eigenvalue weighted by atomic mass is 10.1. The van der Waals surface area contributed by atoms with Gasteiger partial charge in [0, 0.05) is 23.3 Å². The highest BCUT2D eigenvalue weighted by Gasteiger charge is 2.10. The van der Waals surface area contributed by atoms with Crippen molar-refractivity contribution in [3.8, 4) is 5.75 Å². The van der Waals surface area contributed by atoms with Crippen LogP contribution >= 0.6 is 0 Å². The Labute approximate surface area is 115 Å². The van der Waals surface area contributed by atoms with E-state index >= 15 is 0 Å². The van der Waals surface area contributed by atoms with Gasteiger partial charge in [-0.05, 0) is 23.8 Å². The molecule has 0 atom stereocenters. The summed E-state index contributed by atoms with van der Waals surface area (Å²) in [5, 5.41) is 13.2. The standard InChI is InChI=1S/C15H13N3O2/c19-13-6-3-7-16-15(13)18-14(20)8-10-9-17-12-5-2-1-4-11(10)12/h1-7,9,17,19H,8H2,(H,16,18,20). The van der Waals surface area contributed by atoms with Gasteiger partial charge < -0.3 is 15.4 Å². The van der Waals surface area contributed by atoms with Crippen molar-refractivity contribution in [3.63, 3.8) is 0 Å². The smallest absolute Gasteiger partial charge is 0.230 e. The molecule has 0 radical (unpaired) electrons. The molecule has 2 aromatic heterocycles. The van der Waals surface area contributed by atoms with Crippen LogP contribution in [0.15, 0.2) is 48.8 Å². The van der Waals surface area contributed by atoms with Crippen LogP contribution in [0.4, 0.5) is 5.82 Å². The Balaban J connectivity index is 1.78. The predicted octanol–water partition coefficient (Wildman–Crippen LogP) is 2.45. The number of carbonyl (C=O) groups is 1. The molecule has 1 amide bonds. The first-order valence-electron chi connectivity index (χ1n) is 6.23. The first-order chi connectivity index (χ1) is 9.74. The van der Waals surface area contributed by atoms with Crippen molar-refractivity contribution in [2.24, 2.45) is 0 Å². The van der Waals surface area contributed by atoms with E-state index in [-0.39, 0.29) is 23.9 Å². The lowest BCUT2D eigenvalue weighted by molar-refractivity contribution is -0.115. The lowest BCUT2D eigenvalue weighted by Gasteiger charge is -2.05. The van der Waals surface area contributed by atoms with Gasteiger partial charge in [-0.1, -0.05) is 18.2 Å². The predicted molar refractivity (Wildman–Crippen MR) is 76.5 cm³/mol. The van der Waals surface area contributed by atoms with Gasteiger partial charge in [-0.25, -0.2) is 4.98 Å². The molecule has 3 N–H and O–H groups in total. The first kappa shape index (κ1) is 12.2. The number of anilines is 1. The normalized spacial score (nSPS) is 10.6. The molecule has 5 nitrogen and oxygen atoms in total. The fraction of sp³-hybridized carbons (Fsp3) is 0.0667. The lowest BCUT2D eigenvalue weighted by Crippen LogP contribution is -2.15. The molecule has 0 saturated carbocycles. The molecule has 0 fully saturated rings. The van der Waals surface area contributed by atoms with E-state index in [1.807, 2.05) is 30.5 Å². The number of carbonyl (C=O) groups excluding carboxylic acids is 1. The van der Waals surface area contributed by atoms with Gasteiger partial charge in [-0.2, -0.15) is 0 Å². The van der Waals surface area contributed by atoms with Gasteiger partial charge in [0.15, 0.2) is 11.6 Å². The van der Waals surface area contributed by atoms with Crippen LogP contribution in [-0.4, -0.2) is 21.0 Å². The second kappa shape index (κ2) is 5.05. The van der Waals surface area contributed by atoms with Crippen molar-refractivity contribution in [1.82, 2.24) is 9.97 Å². The molecule has 100 valence electrons. The minimum Gasteiger partial charge on any atom is -0.504 e. The molecule has 0 bridgehead atoms. The Bertz CT molecular complexity index is 764. The number of para-hydroxylation sites is 1. The van der Waals surface area contributed by atoms with Gasteiger partial charge in [0.2, 0.25) is 5.91 Å². The van der Waals surface area contributed by atoms with Gasteiger partial charge in [0.25, 0.3) is 0 Å². The molecule has 0 aliphatic rings. The summed E-state index contributed by atoms with van der Waals surface area (Å²) in [5.41, 5.74) is 1.91. The van der Waals surface area contributed by atoms with Crippen molar-refractivity contribution < 1.29 is 9.90 Å². The molecule has 2 heterocycles. The molecular formula is C15H13N3O2. The van der Waals surface area contributed by atoms with Crippen molar-refractivity contribution in [2.45, 2.75) is 6.42 Å². The van der Waals surface area contributed by atoms with Crippen molar-refractivity contribution in [2.75, 3.05) is 5.32 Å². The zero-order valence-electron chi connectivity index (χ0n) is 10.6. The summed E-state index contributed by atoms with van der Waals surface area (Å²) in [4.78, 5) is 19.0. The number of rotatable bonds is 3. The van der Waals surface area contributed by atoms with Crippen LogP contribution in [-0.2, 0) is 11.2 Å². The summed E-state index contributed by atoms with van der Waals surface area (Å²) in [5.74, 6) is -0.0825. The fourth-order valence-corrected chi connectivity index (χ4v) is 2.12. The van der Waals surface area contributed by atoms with Crippen molar-refractivity contribution in [1.29, 1.82) is 0 Å². The van der Waals surface area contributed by atoms with E-state index in [0.717, 1.165) is 16.5 Å². The number of aromatic hydroxyl groups is 1. The number of H-pyrrole nitrogens is 1. The van der Waals surface area contributed by atoms with E-state index in [1.165, 1.54) is 12.3 Å². The van der Waals surface area contributed by atoms with Crippen LogP contribution in [0.3, 0.4) is 0 Å². The Morgan fingerprint density at radius 2 is 2.10 bits per heavy atom. The third-order valence-electron chi connectivity index (χ3n) is 3.07. The number of nitrogens with one attached hydrogen (secondary N) is 2. The maximum Gasteiger partial charge on any atom is 0.230 e. The number of aromatic nitrogens is 2. The van der Waals surface area contributed by atoms with Crippen LogP contribution in [0.2, 0.25) is 0 Å². The number of aromatic amines is 1. The number of pyridine rings is 1. The molecule has 0 saturated heterocycles. The minimum absolute atomic E-state index is 0.0419. The van der Waals surface area contributed by atoms with E-state index in [2.05, 4.69) is 15.3 Å². The third-order valence-corrected chi connectivity index (χ3v) is 3.07. The summed E-state index contributed by atoms with van der Waals surface area (Å²) in [7, 11) is 0. The number of hydrogen-bond acceptors (Lipinski definition) is 3. The van der Waals surface area contributed by atoms with Crippen LogP contribution in [0.5, 0.6) is 5.75 Å². The molecular weight excluding hydrogens is 254 g/mol. The highest BCUT2D eigenvalue weighted by atomic mass is 16.3. The summed E-state index contributed by atoms with van der Waals surface area (Å²) >= 11 is 0. The first-order valence-corrected chi connectivity index (χ1v) is 6.23. The number of benzene rings is 1. The second-order valence-corrected chi connectivity index (χ2v) is 4.46. The Kier molecular flexibility index (Phi) is 3.09. The van der Waals surface area contributed by atoms with Gasteiger partial charge in [-0.15, -0.1) is 0 Å². The summed E-state index contributed by atoms with van der Waals surface area (Å²) in [6.07, 6.45) is 3.56.